The molecule has 23 heavy (non-hydrogen) atoms. The predicted molar refractivity (Wildman–Crippen MR) is 92.5 cm³/mol. The first-order valence-electron chi connectivity index (χ1n) is 8.17. The molecule has 1 aliphatic rings. The minimum absolute atomic E-state index is 0.0865. The fourth-order valence-corrected chi connectivity index (χ4v) is 3.44. The quantitative estimate of drug-likeness (QED) is 0.788. The first-order chi connectivity index (χ1) is 10.9. The highest BCUT2D eigenvalue weighted by Gasteiger charge is 2.22. The molecule has 0 N–H and O–H groups in total. The van der Waals surface area contributed by atoms with E-state index in [4.69, 9.17) is 0 Å². The van der Waals surface area contributed by atoms with Crippen molar-refractivity contribution in [3.05, 3.63) is 35.4 Å². The van der Waals surface area contributed by atoms with Gasteiger partial charge in [0.1, 0.15) is 9.84 Å². The molecule has 0 spiro atoms. The van der Waals surface area contributed by atoms with E-state index in [2.05, 4.69) is 11.8 Å². The molecule has 2 rings (SSSR count). The molecule has 1 aromatic rings. The van der Waals surface area contributed by atoms with Gasteiger partial charge >= 0.3 is 0 Å². The molecular formula is C17H26N2O3S. The number of piperazine rings is 1. The number of hydrogen-bond donors (Lipinski definition) is 0. The lowest BCUT2D eigenvalue weighted by molar-refractivity contribution is 0.0638. The van der Waals surface area contributed by atoms with Gasteiger partial charge < -0.3 is 4.90 Å². The van der Waals surface area contributed by atoms with Crippen molar-refractivity contribution in [2.24, 2.45) is 0 Å². The van der Waals surface area contributed by atoms with E-state index in [0.717, 1.165) is 31.6 Å². The number of nitrogens with zero attached hydrogens (tertiary/aromatic N) is 2. The Morgan fingerprint density at radius 3 is 2.22 bits per heavy atom. The number of amides is 1. The van der Waals surface area contributed by atoms with Crippen LogP contribution in [0.1, 0.15) is 29.3 Å². The normalized spacial score (nSPS) is 16.5. The second kappa shape index (κ2) is 7.93. The number of rotatable bonds is 6. The molecular weight excluding hydrogens is 312 g/mol. The van der Waals surface area contributed by atoms with Gasteiger partial charge in [0.2, 0.25) is 0 Å². The van der Waals surface area contributed by atoms with Gasteiger partial charge in [0.05, 0.1) is 5.75 Å². The van der Waals surface area contributed by atoms with E-state index < -0.39 is 9.84 Å². The average molecular weight is 338 g/mol. The van der Waals surface area contributed by atoms with Crippen LogP contribution in [0.3, 0.4) is 0 Å². The third-order valence-corrected chi connectivity index (χ3v) is 5.29. The number of benzene rings is 1. The van der Waals surface area contributed by atoms with Crippen molar-refractivity contribution < 1.29 is 13.2 Å². The summed E-state index contributed by atoms with van der Waals surface area (Å²) in [4.78, 5) is 16.6. The second-order valence-corrected chi connectivity index (χ2v) is 8.43. The second-order valence-electron chi connectivity index (χ2n) is 6.17. The molecule has 0 bridgehead atoms. The lowest BCUT2D eigenvalue weighted by Crippen LogP contribution is -2.49. The maximum atomic E-state index is 12.5. The monoisotopic (exact) mass is 338 g/mol. The van der Waals surface area contributed by atoms with Crippen LogP contribution in [0.4, 0.5) is 0 Å². The van der Waals surface area contributed by atoms with Crippen LogP contribution in [-0.2, 0) is 16.3 Å². The van der Waals surface area contributed by atoms with E-state index in [9.17, 15) is 13.2 Å². The number of carbonyl (C=O) groups is 1. The molecule has 1 aromatic carbocycles. The third kappa shape index (κ3) is 5.62. The lowest BCUT2D eigenvalue weighted by Gasteiger charge is -2.34. The maximum absolute atomic E-state index is 12.5. The van der Waals surface area contributed by atoms with Crippen molar-refractivity contribution in [2.45, 2.75) is 19.8 Å². The molecule has 0 saturated carbocycles. The van der Waals surface area contributed by atoms with Gasteiger partial charge in [0.25, 0.3) is 5.91 Å². The van der Waals surface area contributed by atoms with Crippen molar-refractivity contribution in [1.29, 1.82) is 0 Å². The topological polar surface area (TPSA) is 57.7 Å². The first-order valence-corrected chi connectivity index (χ1v) is 10.2. The molecule has 0 atom stereocenters. The molecule has 6 heteroatoms. The Morgan fingerprint density at radius 1 is 1.09 bits per heavy atom. The van der Waals surface area contributed by atoms with E-state index in [1.54, 1.807) is 0 Å². The van der Waals surface area contributed by atoms with Gasteiger partial charge in [0, 0.05) is 38.0 Å². The molecule has 128 valence electrons. The SMILES string of the molecule is CCc1ccc(C(=O)N2CCN(CCCS(C)(=O)=O)CC2)cc1. The number of carbonyl (C=O) groups excluding carboxylic acids is 1. The van der Waals surface area contributed by atoms with Gasteiger partial charge in [-0.15, -0.1) is 0 Å². The Morgan fingerprint density at radius 2 is 1.70 bits per heavy atom. The summed E-state index contributed by atoms with van der Waals surface area (Å²) < 4.78 is 22.3. The Hall–Kier alpha value is -1.40. The number of aryl methyl sites for hydroxylation is 1. The van der Waals surface area contributed by atoms with Gasteiger partial charge in [-0.3, -0.25) is 9.69 Å². The van der Waals surface area contributed by atoms with Gasteiger partial charge in [-0.25, -0.2) is 8.42 Å². The summed E-state index contributed by atoms with van der Waals surface area (Å²) in [6, 6.07) is 7.82. The predicted octanol–water partition coefficient (Wildman–Crippen LogP) is 1.44. The molecule has 0 aromatic heterocycles. The molecule has 1 aliphatic heterocycles. The molecule has 0 aliphatic carbocycles. The van der Waals surface area contributed by atoms with Crippen LogP contribution in [-0.4, -0.2) is 68.9 Å². The minimum atomic E-state index is -2.88. The van der Waals surface area contributed by atoms with Crippen LogP contribution in [0.5, 0.6) is 0 Å². The first kappa shape index (κ1) is 17.9. The summed E-state index contributed by atoms with van der Waals surface area (Å²) in [5.41, 5.74) is 1.98. The number of hydrogen-bond acceptors (Lipinski definition) is 4. The van der Waals surface area contributed by atoms with Crippen molar-refractivity contribution in [3.8, 4) is 0 Å². The van der Waals surface area contributed by atoms with Crippen LogP contribution >= 0.6 is 0 Å². The third-order valence-electron chi connectivity index (χ3n) is 4.26. The summed E-state index contributed by atoms with van der Waals surface area (Å²) in [5, 5.41) is 0. The van der Waals surface area contributed by atoms with Crippen molar-refractivity contribution >= 4 is 15.7 Å². The van der Waals surface area contributed by atoms with Crippen molar-refractivity contribution in [1.82, 2.24) is 9.80 Å². The van der Waals surface area contributed by atoms with Gasteiger partial charge in [-0.1, -0.05) is 19.1 Å². The van der Waals surface area contributed by atoms with E-state index in [0.29, 0.717) is 19.5 Å². The summed E-state index contributed by atoms with van der Waals surface area (Å²) in [7, 11) is -2.88. The highest BCUT2D eigenvalue weighted by atomic mass is 32.2. The summed E-state index contributed by atoms with van der Waals surface area (Å²) in [6.45, 7) is 5.89. The fourth-order valence-electron chi connectivity index (χ4n) is 2.79. The molecule has 0 unspecified atom stereocenters. The largest absolute Gasteiger partial charge is 0.336 e. The highest BCUT2D eigenvalue weighted by Crippen LogP contribution is 2.11. The van der Waals surface area contributed by atoms with Crippen LogP contribution in [0.15, 0.2) is 24.3 Å². The van der Waals surface area contributed by atoms with E-state index in [-0.39, 0.29) is 11.7 Å². The zero-order valence-corrected chi connectivity index (χ0v) is 14.8. The van der Waals surface area contributed by atoms with Crippen LogP contribution in [0, 0.1) is 0 Å². The van der Waals surface area contributed by atoms with Gasteiger partial charge in [0.15, 0.2) is 0 Å². The Bertz CT molecular complexity index is 618. The Balaban J connectivity index is 1.80. The summed E-state index contributed by atoms with van der Waals surface area (Å²) in [5.74, 6) is 0.319. The molecule has 1 saturated heterocycles. The van der Waals surface area contributed by atoms with Crippen molar-refractivity contribution in [3.63, 3.8) is 0 Å². The highest BCUT2D eigenvalue weighted by molar-refractivity contribution is 7.90. The van der Waals surface area contributed by atoms with E-state index >= 15 is 0 Å². The van der Waals surface area contributed by atoms with Crippen LogP contribution in [0.2, 0.25) is 0 Å². The standard InChI is InChI=1S/C17H26N2O3S/c1-3-15-5-7-16(8-6-15)17(20)19-12-10-18(11-13-19)9-4-14-23(2,21)22/h5-8H,3-4,9-14H2,1-2H3. The molecule has 1 amide bonds. The smallest absolute Gasteiger partial charge is 0.253 e. The molecule has 0 radical (unpaired) electrons. The van der Waals surface area contributed by atoms with E-state index in [1.165, 1.54) is 11.8 Å². The minimum Gasteiger partial charge on any atom is -0.336 e. The summed E-state index contributed by atoms with van der Waals surface area (Å²) >= 11 is 0. The van der Waals surface area contributed by atoms with Gasteiger partial charge in [-0.05, 0) is 37.1 Å². The van der Waals surface area contributed by atoms with Crippen LogP contribution < -0.4 is 0 Å². The average Bonchev–Trinajstić information content (AvgIpc) is 2.54. The van der Waals surface area contributed by atoms with Crippen molar-refractivity contribution in [2.75, 3.05) is 44.7 Å². The molecule has 1 heterocycles. The van der Waals surface area contributed by atoms with Crippen LogP contribution in [0.25, 0.3) is 0 Å². The molecule has 1 fully saturated rings. The van der Waals surface area contributed by atoms with Gasteiger partial charge in [-0.2, -0.15) is 0 Å². The Labute approximate surface area is 139 Å². The Kier molecular flexibility index (Phi) is 6.18. The van der Waals surface area contributed by atoms with E-state index in [1.807, 2.05) is 29.2 Å². The number of sulfone groups is 1. The fraction of sp³-hybridized carbons (Fsp3) is 0.588. The zero-order valence-electron chi connectivity index (χ0n) is 14.0. The summed E-state index contributed by atoms with van der Waals surface area (Å²) in [6.07, 6.45) is 2.90. The maximum Gasteiger partial charge on any atom is 0.253 e. The lowest BCUT2D eigenvalue weighted by atomic mass is 10.1. The zero-order chi connectivity index (χ0) is 16.9. The molecule has 5 nitrogen and oxygen atoms in total.